The first-order valence-corrected chi connectivity index (χ1v) is 9.67. The van der Waals surface area contributed by atoms with Gasteiger partial charge < -0.3 is 14.4 Å². The van der Waals surface area contributed by atoms with Crippen LogP contribution >= 0.6 is 0 Å². The molecule has 1 unspecified atom stereocenters. The number of carbonyl (C=O) groups excluding carboxylic acids is 1. The van der Waals surface area contributed by atoms with Crippen LogP contribution in [0.3, 0.4) is 0 Å². The molecule has 0 radical (unpaired) electrons. The molecule has 3 heterocycles. The monoisotopic (exact) mass is 362 g/mol. The fourth-order valence-electron chi connectivity index (χ4n) is 4.41. The molecule has 6 heteroatoms. The van der Waals surface area contributed by atoms with Crippen LogP contribution in [0.15, 0.2) is 24.3 Å². The minimum atomic E-state index is -0.438. The molecule has 0 aliphatic carbocycles. The van der Waals surface area contributed by atoms with E-state index in [1.165, 1.54) is 6.07 Å². The van der Waals surface area contributed by atoms with Crippen LogP contribution in [0, 0.1) is 11.7 Å². The van der Waals surface area contributed by atoms with Crippen LogP contribution in [-0.2, 0) is 20.8 Å². The van der Waals surface area contributed by atoms with Crippen molar-refractivity contribution in [1.29, 1.82) is 0 Å². The highest BCUT2D eigenvalue weighted by molar-refractivity contribution is 5.79. The van der Waals surface area contributed by atoms with E-state index in [0.717, 1.165) is 44.3 Å². The van der Waals surface area contributed by atoms with Crippen molar-refractivity contribution in [3.8, 4) is 0 Å². The van der Waals surface area contributed by atoms with Crippen molar-refractivity contribution in [2.75, 3.05) is 39.4 Å². The van der Waals surface area contributed by atoms with Gasteiger partial charge in [0.15, 0.2) is 5.79 Å². The summed E-state index contributed by atoms with van der Waals surface area (Å²) in [5, 5.41) is 0. The largest absolute Gasteiger partial charge is 0.347 e. The first-order chi connectivity index (χ1) is 12.6. The lowest BCUT2D eigenvalue weighted by Gasteiger charge is -2.40. The van der Waals surface area contributed by atoms with Gasteiger partial charge in [-0.2, -0.15) is 0 Å². The third kappa shape index (κ3) is 3.92. The molecule has 0 aromatic heterocycles. The average molecular weight is 362 g/mol. The van der Waals surface area contributed by atoms with Gasteiger partial charge in [0.2, 0.25) is 5.91 Å². The molecule has 0 bridgehead atoms. The Morgan fingerprint density at radius 2 is 1.96 bits per heavy atom. The van der Waals surface area contributed by atoms with E-state index in [0.29, 0.717) is 32.8 Å². The number of carbonyl (C=O) groups is 1. The second kappa shape index (κ2) is 7.62. The molecule has 1 spiro atoms. The molecular weight excluding hydrogens is 335 g/mol. The predicted molar refractivity (Wildman–Crippen MR) is 94.9 cm³/mol. The third-order valence-electron chi connectivity index (χ3n) is 5.80. The Morgan fingerprint density at radius 3 is 2.69 bits per heavy atom. The average Bonchev–Trinajstić information content (AvgIpc) is 3.10. The molecule has 1 atom stereocenters. The van der Waals surface area contributed by atoms with Crippen molar-refractivity contribution in [2.45, 2.75) is 38.0 Å². The third-order valence-corrected chi connectivity index (χ3v) is 5.80. The summed E-state index contributed by atoms with van der Waals surface area (Å²) in [5.41, 5.74) is 0.966. The fourth-order valence-corrected chi connectivity index (χ4v) is 4.41. The van der Waals surface area contributed by atoms with Crippen LogP contribution in [0.4, 0.5) is 4.39 Å². The summed E-state index contributed by atoms with van der Waals surface area (Å²) < 4.78 is 24.9. The normalized spacial score (nSPS) is 26.3. The summed E-state index contributed by atoms with van der Waals surface area (Å²) >= 11 is 0. The van der Waals surface area contributed by atoms with Crippen LogP contribution in [0.25, 0.3) is 0 Å². The van der Waals surface area contributed by atoms with E-state index < -0.39 is 5.79 Å². The first kappa shape index (κ1) is 17.9. The minimum Gasteiger partial charge on any atom is -0.347 e. The van der Waals surface area contributed by atoms with Crippen LogP contribution in [0.5, 0.6) is 0 Å². The molecule has 3 aliphatic heterocycles. The minimum absolute atomic E-state index is 0.0387. The number of piperidine rings is 2. The number of rotatable bonds is 3. The van der Waals surface area contributed by atoms with Crippen molar-refractivity contribution < 1.29 is 18.7 Å². The van der Waals surface area contributed by atoms with Gasteiger partial charge in [0.05, 0.1) is 19.1 Å². The van der Waals surface area contributed by atoms with Gasteiger partial charge >= 0.3 is 0 Å². The Balaban J connectivity index is 1.32. The number of hydrogen-bond acceptors (Lipinski definition) is 4. The van der Waals surface area contributed by atoms with E-state index in [9.17, 15) is 9.18 Å². The van der Waals surface area contributed by atoms with Crippen molar-refractivity contribution in [2.24, 2.45) is 5.92 Å². The van der Waals surface area contributed by atoms with E-state index in [-0.39, 0.29) is 17.6 Å². The molecule has 1 amide bonds. The van der Waals surface area contributed by atoms with Crippen molar-refractivity contribution in [3.63, 3.8) is 0 Å². The summed E-state index contributed by atoms with van der Waals surface area (Å²) in [7, 11) is 0. The Kier molecular flexibility index (Phi) is 5.25. The number of benzene rings is 1. The first-order valence-electron chi connectivity index (χ1n) is 9.67. The van der Waals surface area contributed by atoms with Crippen LogP contribution in [-0.4, -0.2) is 60.9 Å². The molecule has 1 aromatic rings. The maximum absolute atomic E-state index is 13.4. The highest BCUT2D eigenvalue weighted by Crippen LogP contribution is 2.32. The van der Waals surface area contributed by atoms with Gasteiger partial charge in [-0.3, -0.25) is 9.69 Å². The summed E-state index contributed by atoms with van der Waals surface area (Å²) in [6.07, 6.45) is 3.47. The van der Waals surface area contributed by atoms with Gasteiger partial charge in [-0.25, -0.2) is 4.39 Å². The van der Waals surface area contributed by atoms with Crippen molar-refractivity contribution in [1.82, 2.24) is 9.80 Å². The molecule has 5 nitrogen and oxygen atoms in total. The standard InChI is InChI=1S/C20H27FN2O3/c21-18-5-1-3-16(13-18)14-22-8-2-4-17(15-22)19(24)23-9-6-20(7-10-23)25-11-12-26-20/h1,3,5,13,17H,2,4,6-12,14-15H2. The number of amides is 1. The molecule has 3 saturated heterocycles. The van der Waals surface area contributed by atoms with E-state index in [4.69, 9.17) is 9.47 Å². The van der Waals surface area contributed by atoms with Gasteiger partial charge in [-0.15, -0.1) is 0 Å². The van der Waals surface area contributed by atoms with E-state index in [2.05, 4.69) is 4.90 Å². The van der Waals surface area contributed by atoms with Crippen LogP contribution < -0.4 is 0 Å². The Bertz CT molecular complexity index is 638. The SMILES string of the molecule is O=C(C1CCCN(Cc2cccc(F)c2)C1)N1CCC2(CC1)OCCO2. The van der Waals surface area contributed by atoms with E-state index >= 15 is 0 Å². The molecule has 142 valence electrons. The zero-order valence-corrected chi connectivity index (χ0v) is 15.2. The number of ether oxygens (including phenoxy) is 2. The maximum atomic E-state index is 13.4. The number of likely N-dealkylation sites (tertiary alicyclic amines) is 2. The van der Waals surface area contributed by atoms with Gasteiger partial charge in [0, 0.05) is 39.0 Å². The molecule has 4 rings (SSSR count). The summed E-state index contributed by atoms with van der Waals surface area (Å²) in [6, 6.07) is 6.73. The number of nitrogens with zero attached hydrogens (tertiary/aromatic N) is 2. The van der Waals surface area contributed by atoms with Crippen molar-refractivity contribution in [3.05, 3.63) is 35.6 Å². The van der Waals surface area contributed by atoms with Crippen LogP contribution in [0.2, 0.25) is 0 Å². The zero-order valence-electron chi connectivity index (χ0n) is 15.2. The van der Waals surface area contributed by atoms with Gasteiger partial charge in [-0.1, -0.05) is 12.1 Å². The maximum Gasteiger partial charge on any atom is 0.226 e. The smallest absolute Gasteiger partial charge is 0.226 e. The Morgan fingerprint density at radius 1 is 1.19 bits per heavy atom. The fraction of sp³-hybridized carbons (Fsp3) is 0.650. The predicted octanol–water partition coefficient (Wildman–Crippen LogP) is 2.40. The molecule has 1 aromatic carbocycles. The van der Waals surface area contributed by atoms with E-state index in [1.54, 1.807) is 12.1 Å². The van der Waals surface area contributed by atoms with Crippen LogP contribution in [0.1, 0.15) is 31.2 Å². The number of hydrogen-bond donors (Lipinski definition) is 0. The molecule has 0 saturated carbocycles. The number of halogens is 1. The zero-order chi connectivity index (χ0) is 18.0. The summed E-state index contributed by atoms with van der Waals surface area (Å²) in [6.45, 7) is 5.15. The summed E-state index contributed by atoms with van der Waals surface area (Å²) in [4.78, 5) is 17.2. The molecule has 0 N–H and O–H groups in total. The van der Waals surface area contributed by atoms with Gasteiger partial charge in [-0.05, 0) is 37.1 Å². The lowest BCUT2D eigenvalue weighted by atomic mass is 9.94. The second-order valence-electron chi connectivity index (χ2n) is 7.64. The highest BCUT2D eigenvalue weighted by Gasteiger charge is 2.42. The molecular formula is C20H27FN2O3. The van der Waals surface area contributed by atoms with Gasteiger partial charge in [0.25, 0.3) is 0 Å². The van der Waals surface area contributed by atoms with Gasteiger partial charge in [0.1, 0.15) is 5.82 Å². The second-order valence-corrected chi connectivity index (χ2v) is 7.64. The Hall–Kier alpha value is -1.50. The lowest BCUT2D eigenvalue weighted by molar-refractivity contribution is -0.188. The topological polar surface area (TPSA) is 42.0 Å². The highest BCUT2D eigenvalue weighted by atomic mass is 19.1. The lowest BCUT2D eigenvalue weighted by Crippen LogP contribution is -2.51. The quantitative estimate of drug-likeness (QED) is 0.828. The molecule has 3 fully saturated rings. The van der Waals surface area contributed by atoms with Crippen molar-refractivity contribution >= 4 is 5.91 Å². The van der Waals surface area contributed by atoms with E-state index in [1.807, 2.05) is 11.0 Å². The molecule has 26 heavy (non-hydrogen) atoms. The summed E-state index contributed by atoms with van der Waals surface area (Å²) in [5.74, 6) is -0.350. The molecule has 3 aliphatic rings. The Labute approximate surface area is 154 Å².